The largest absolute Gasteiger partial charge is 0.445 e. The molecule has 6 heteroatoms. The summed E-state index contributed by atoms with van der Waals surface area (Å²) in [6, 6.07) is 13.4. The summed E-state index contributed by atoms with van der Waals surface area (Å²) in [5.74, 6) is -0.604. The molecule has 0 aliphatic heterocycles. The van der Waals surface area contributed by atoms with Crippen LogP contribution in [-0.4, -0.2) is 29.0 Å². The lowest BCUT2D eigenvalue weighted by molar-refractivity contribution is 0.0164. The van der Waals surface area contributed by atoms with Crippen LogP contribution in [0.15, 0.2) is 48.5 Å². The highest BCUT2D eigenvalue weighted by atomic mass is 19.1. The van der Waals surface area contributed by atoms with Crippen LogP contribution < -0.4 is 5.32 Å². The highest BCUT2D eigenvalue weighted by Crippen LogP contribution is 2.21. The Hall–Kier alpha value is -2.44. The lowest BCUT2D eigenvalue weighted by Crippen LogP contribution is -2.36. The number of ether oxygens (including phenoxy) is 1. The van der Waals surface area contributed by atoms with Crippen LogP contribution in [-0.2, 0) is 11.3 Å². The standard InChI is InChI=1S/C18H20FNO4/c1-12-7-8-14(15(19)9-12)17(22)16(21)10-20-18(23)24-11-13-5-3-2-4-6-13/h2-9,16-17,21-22H,10-11H2,1H3,(H,20,23). The minimum atomic E-state index is -1.44. The van der Waals surface area contributed by atoms with Gasteiger partial charge >= 0.3 is 6.09 Å². The summed E-state index contributed by atoms with van der Waals surface area (Å²) < 4.78 is 18.8. The second-order valence-corrected chi connectivity index (χ2v) is 5.48. The minimum Gasteiger partial charge on any atom is -0.445 e. The Balaban J connectivity index is 1.81. The molecule has 0 aliphatic rings. The maximum atomic E-state index is 13.8. The van der Waals surface area contributed by atoms with Crippen LogP contribution in [0.4, 0.5) is 9.18 Å². The molecule has 2 rings (SSSR count). The maximum Gasteiger partial charge on any atom is 0.407 e. The summed E-state index contributed by atoms with van der Waals surface area (Å²) in [7, 11) is 0. The van der Waals surface area contributed by atoms with Crippen molar-refractivity contribution in [1.29, 1.82) is 0 Å². The smallest absolute Gasteiger partial charge is 0.407 e. The highest BCUT2D eigenvalue weighted by molar-refractivity contribution is 5.67. The first-order valence-corrected chi connectivity index (χ1v) is 7.54. The Morgan fingerprint density at radius 2 is 1.92 bits per heavy atom. The predicted molar refractivity (Wildman–Crippen MR) is 86.7 cm³/mol. The van der Waals surface area contributed by atoms with Crippen LogP contribution in [0, 0.1) is 12.7 Å². The van der Waals surface area contributed by atoms with Crippen LogP contribution in [0.3, 0.4) is 0 Å². The highest BCUT2D eigenvalue weighted by Gasteiger charge is 2.22. The summed E-state index contributed by atoms with van der Waals surface area (Å²) in [6.07, 6.45) is -3.53. The van der Waals surface area contributed by atoms with Crippen LogP contribution >= 0.6 is 0 Å². The van der Waals surface area contributed by atoms with Crippen molar-refractivity contribution in [3.8, 4) is 0 Å². The molecule has 0 saturated carbocycles. The third-order valence-electron chi connectivity index (χ3n) is 3.51. The summed E-state index contributed by atoms with van der Waals surface area (Å²) in [6.45, 7) is 1.56. The van der Waals surface area contributed by atoms with Crippen LogP contribution in [0.25, 0.3) is 0 Å². The Morgan fingerprint density at radius 3 is 2.58 bits per heavy atom. The van der Waals surface area contributed by atoms with Crippen LogP contribution in [0.1, 0.15) is 22.8 Å². The van der Waals surface area contributed by atoms with Gasteiger partial charge in [-0.2, -0.15) is 0 Å². The first-order valence-electron chi connectivity index (χ1n) is 7.54. The van der Waals surface area contributed by atoms with E-state index in [9.17, 15) is 19.4 Å². The number of benzene rings is 2. The molecule has 1 amide bonds. The number of halogens is 1. The lowest BCUT2D eigenvalue weighted by atomic mass is 10.0. The molecule has 0 radical (unpaired) electrons. The van der Waals surface area contributed by atoms with E-state index in [2.05, 4.69) is 5.32 Å². The van der Waals surface area contributed by atoms with Gasteiger partial charge in [-0.25, -0.2) is 9.18 Å². The Morgan fingerprint density at radius 1 is 1.21 bits per heavy atom. The fourth-order valence-corrected chi connectivity index (χ4v) is 2.15. The van der Waals surface area contributed by atoms with E-state index >= 15 is 0 Å². The molecule has 2 aromatic rings. The molecule has 2 aromatic carbocycles. The molecule has 0 heterocycles. The fraction of sp³-hybridized carbons (Fsp3) is 0.278. The van der Waals surface area contributed by atoms with E-state index in [-0.39, 0.29) is 18.7 Å². The number of rotatable bonds is 6. The van der Waals surface area contributed by atoms with Gasteiger partial charge in [0.05, 0.1) is 0 Å². The minimum absolute atomic E-state index is 0.0208. The summed E-state index contributed by atoms with van der Waals surface area (Å²) in [4.78, 5) is 11.6. The Bertz CT molecular complexity index is 678. The molecule has 0 fully saturated rings. The van der Waals surface area contributed by atoms with Crippen LogP contribution in [0.5, 0.6) is 0 Å². The van der Waals surface area contributed by atoms with E-state index in [1.165, 1.54) is 12.1 Å². The maximum absolute atomic E-state index is 13.8. The van der Waals surface area contributed by atoms with Crippen molar-refractivity contribution < 1.29 is 24.1 Å². The molecule has 3 N–H and O–H groups in total. The predicted octanol–water partition coefficient (Wildman–Crippen LogP) is 2.45. The van der Waals surface area contributed by atoms with Crippen molar-refractivity contribution in [2.75, 3.05) is 6.54 Å². The van der Waals surface area contributed by atoms with Crippen molar-refractivity contribution in [3.63, 3.8) is 0 Å². The molecule has 128 valence electrons. The van der Waals surface area contributed by atoms with Crippen molar-refractivity contribution in [3.05, 3.63) is 71.0 Å². The SMILES string of the molecule is Cc1ccc(C(O)C(O)CNC(=O)OCc2ccccc2)c(F)c1. The molecule has 2 unspecified atom stereocenters. The second kappa shape index (κ2) is 8.42. The van der Waals surface area contributed by atoms with Gasteiger partial charge in [0.25, 0.3) is 0 Å². The number of alkyl carbamates (subject to hydrolysis) is 1. The van der Waals surface area contributed by atoms with Gasteiger partial charge in [0, 0.05) is 12.1 Å². The zero-order chi connectivity index (χ0) is 17.5. The number of aliphatic hydroxyl groups excluding tert-OH is 2. The van der Waals surface area contributed by atoms with E-state index in [1.807, 2.05) is 30.3 Å². The van der Waals surface area contributed by atoms with E-state index in [0.717, 1.165) is 5.56 Å². The fourth-order valence-electron chi connectivity index (χ4n) is 2.15. The third kappa shape index (κ3) is 5.04. The number of aryl methyl sites for hydroxylation is 1. The molecule has 0 saturated heterocycles. The second-order valence-electron chi connectivity index (χ2n) is 5.48. The van der Waals surface area contributed by atoms with Crippen molar-refractivity contribution >= 4 is 6.09 Å². The van der Waals surface area contributed by atoms with Crippen molar-refractivity contribution in [1.82, 2.24) is 5.32 Å². The van der Waals surface area contributed by atoms with Gasteiger partial charge in [-0.3, -0.25) is 0 Å². The number of amides is 1. The Kier molecular flexibility index (Phi) is 6.28. The molecule has 0 aromatic heterocycles. The molecular formula is C18H20FNO4. The number of hydrogen-bond acceptors (Lipinski definition) is 4. The molecule has 0 aliphatic carbocycles. The third-order valence-corrected chi connectivity index (χ3v) is 3.51. The molecule has 5 nitrogen and oxygen atoms in total. The zero-order valence-electron chi connectivity index (χ0n) is 13.3. The molecule has 2 atom stereocenters. The van der Waals surface area contributed by atoms with Gasteiger partial charge in [0.1, 0.15) is 24.6 Å². The number of carbonyl (C=O) groups excluding carboxylic acids is 1. The summed E-state index contributed by atoms with van der Waals surface area (Å²) in [5.41, 5.74) is 1.52. The first kappa shape index (κ1) is 17.9. The first-order chi connectivity index (χ1) is 11.5. The lowest BCUT2D eigenvalue weighted by Gasteiger charge is -2.19. The molecule has 0 bridgehead atoms. The van der Waals surface area contributed by atoms with Gasteiger partial charge in [0.15, 0.2) is 0 Å². The van der Waals surface area contributed by atoms with E-state index in [0.29, 0.717) is 5.56 Å². The zero-order valence-corrected chi connectivity index (χ0v) is 13.3. The number of aliphatic hydroxyl groups is 2. The quantitative estimate of drug-likeness (QED) is 0.759. The average Bonchev–Trinajstić information content (AvgIpc) is 2.58. The van der Waals surface area contributed by atoms with Gasteiger partial charge < -0.3 is 20.3 Å². The monoisotopic (exact) mass is 333 g/mol. The molecular weight excluding hydrogens is 313 g/mol. The van der Waals surface area contributed by atoms with E-state index < -0.39 is 24.1 Å². The normalized spacial score (nSPS) is 13.2. The van der Waals surface area contributed by atoms with Crippen LogP contribution in [0.2, 0.25) is 0 Å². The topological polar surface area (TPSA) is 78.8 Å². The summed E-state index contributed by atoms with van der Waals surface area (Å²) in [5, 5.41) is 22.3. The average molecular weight is 333 g/mol. The number of carbonyl (C=O) groups is 1. The van der Waals surface area contributed by atoms with Crippen molar-refractivity contribution in [2.24, 2.45) is 0 Å². The van der Waals surface area contributed by atoms with Gasteiger partial charge in [-0.15, -0.1) is 0 Å². The number of hydrogen-bond donors (Lipinski definition) is 3. The van der Waals surface area contributed by atoms with E-state index in [4.69, 9.17) is 4.74 Å². The van der Waals surface area contributed by atoms with Gasteiger partial charge in [-0.1, -0.05) is 42.5 Å². The van der Waals surface area contributed by atoms with Gasteiger partial charge in [-0.05, 0) is 24.1 Å². The van der Waals surface area contributed by atoms with Crippen molar-refractivity contribution in [2.45, 2.75) is 25.7 Å². The summed E-state index contributed by atoms with van der Waals surface area (Å²) >= 11 is 0. The Labute approximate surface area is 139 Å². The molecule has 0 spiro atoms. The van der Waals surface area contributed by atoms with Gasteiger partial charge in [0.2, 0.25) is 0 Å². The molecule has 24 heavy (non-hydrogen) atoms. The number of nitrogens with one attached hydrogen (secondary N) is 1. The van der Waals surface area contributed by atoms with E-state index in [1.54, 1.807) is 13.0 Å².